The Bertz CT molecular complexity index is 368. The number of Topliss-reactive ketones (excluding diaryl/α,β-unsaturated/α-hetero) is 1. The van der Waals surface area contributed by atoms with E-state index >= 15 is 0 Å². The number of piperazine rings is 1. The first-order valence-corrected chi connectivity index (χ1v) is 9.46. The molecule has 0 radical (unpaired) electrons. The van der Waals surface area contributed by atoms with E-state index in [1.54, 1.807) is 0 Å². The fourth-order valence-electron chi connectivity index (χ4n) is 2.92. The summed E-state index contributed by atoms with van der Waals surface area (Å²) in [7, 11) is 2.09. The predicted octanol–water partition coefficient (Wildman–Crippen LogP) is 0.821. The minimum atomic E-state index is 0.149. The Labute approximate surface area is 147 Å². The van der Waals surface area contributed by atoms with E-state index < -0.39 is 0 Å². The summed E-state index contributed by atoms with van der Waals surface area (Å²) in [5, 5.41) is 3.00. The third kappa shape index (κ3) is 9.35. The van der Waals surface area contributed by atoms with Gasteiger partial charge in [-0.3, -0.25) is 9.59 Å². The Morgan fingerprint density at radius 2 is 1.54 bits per heavy atom. The molecule has 1 aliphatic rings. The van der Waals surface area contributed by atoms with Crippen molar-refractivity contribution >= 4 is 11.7 Å². The molecule has 6 heteroatoms. The minimum Gasteiger partial charge on any atom is -0.355 e. The van der Waals surface area contributed by atoms with Crippen molar-refractivity contribution in [1.82, 2.24) is 20.0 Å². The monoisotopic (exact) mass is 340 g/mol. The fourth-order valence-corrected chi connectivity index (χ4v) is 2.92. The number of hydrogen-bond donors (Lipinski definition) is 1. The summed E-state index contributed by atoms with van der Waals surface area (Å²) < 4.78 is 0. The molecule has 0 aliphatic carbocycles. The van der Waals surface area contributed by atoms with Gasteiger partial charge in [-0.05, 0) is 20.0 Å². The standard InChI is InChI=1S/C18H36N4O2/c1-4-9-20(3)12-8-19-18(24)7-11-22-15-13-21(14-16-22)10-6-17(23)5-2/h4-16H2,1-3H3,(H,19,24). The topological polar surface area (TPSA) is 55.9 Å². The van der Waals surface area contributed by atoms with E-state index in [9.17, 15) is 9.59 Å². The quantitative estimate of drug-likeness (QED) is 0.570. The van der Waals surface area contributed by atoms with Crippen LogP contribution in [0.25, 0.3) is 0 Å². The molecule has 0 spiro atoms. The van der Waals surface area contributed by atoms with Crippen LogP contribution in [0.5, 0.6) is 0 Å². The molecule has 0 bridgehead atoms. The highest BCUT2D eigenvalue weighted by Gasteiger charge is 2.17. The molecule has 0 saturated carbocycles. The van der Waals surface area contributed by atoms with Crippen LogP contribution in [0, 0.1) is 0 Å². The molecule has 140 valence electrons. The fraction of sp³-hybridized carbons (Fsp3) is 0.889. The first kappa shape index (κ1) is 21.1. The third-order valence-electron chi connectivity index (χ3n) is 4.64. The van der Waals surface area contributed by atoms with Crippen LogP contribution in [0.3, 0.4) is 0 Å². The zero-order chi connectivity index (χ0) is 17.8. The van der Waals surface area contributed by atoms with E-state index in [-0.39, 0.29) is 5.91 Å². The van der Waals surface area contributed by atoms with Crippen molar-refractivity contribution in [3.8, 4) is 0 Å². The van der Waals surface area contributed by atoms with Gasteiger partial charge in [0.1, 0.15) is 5.78 Å². The number of hydrogen-bond acceptors (Lipinski definition) is 5. The van der Waals surface area contributed by atoms with Crippen molar-refractivity contribution in [3.05, 3.63) is 0 Å². The van der Waals surface area contributed by atoms with Gasteiger partial charge in [0.05, 0.1) is 0 Å². The van der Waals surface area contributed by atoms with Crippen LogP contribution in [0.4, 0.5) is 0 Å². The maximum atomic E-state index is 11.9. The first-order valence-electron chi connectivity index (χ1n) is 9.46. The Morgan fingerprint density at radius 1 is 0.958 bits per heavy atom. The van der Waals surface area contributed by atoms with Gasteiger partial charge in [0, 0.05) is 71.6 Å². The first-order chi connectivity index (χ1) is 11.5. The predicted molar refractivity (Wildman–Crippen MR) is 98.2 cm³/mol. The Morgan fingerprint density at radius 3 is 2.08 bits per heavy atom. The molecule has 24 heavy (non-hydrogen) atoms. The van der Waals surface area contributed by atoms with Crippen molar-refractivity contribution in [2.45, 2.75) is 39.5 Å². The molecular formula is C18H36N4O2. The number of carbonyl (C=O) groups excluding carboxylic acids is 2. The van der Waals surface area contributed by atoms with Crippen LogP contribution in [-0.2, 0) is 9.59 Å². The summed E-state index contributed by atoms with van der Waals surface area (Å²) in [4.78, 5) is 30.2. The summed E-state index contributed by atoms with van der Waals surface area (Å²) in [6.45, 7) is 12.5. The van der Waals surface area contributed by atoms with Crippen molar-refractivity contribution in [2.75, 3.05) is 66.0 Å². The largest absolute Gasteiger partial charge is 0.355 e. The Balaban J connectivity index is 2.06. The highest BCUT2D eigenvalue weighted by Crippen LogP contribution is 2.04. The molecule has 1 amide bonds. The van der Waals surface area contributed by atoms with Crippen molar-refractivity contribution in [3.63, 3.8) is 0 Å². The molecule has 0 aromatic heterocycles. The van der Waals surface area contributed by atoms with E-state index in [2.05, 4.69) is 34.0 Å². The smallest absolute Gasteiger partial charge is 0.221 e. The van der Waals surface area contributed by atoms with Crippen LogP contribution in [-0.4, -0.2) is 92.3 Å². The number of likely N-dealkylation sites (N-methyl/N-ethyl adjacent to an activating group) is 1. The lowest BCUT2D eigenvalue weighted by Crippen LogP contribution is -2.47. The average Bonchev–Trinajstić information content (AvgIpc) is 2.59. The molecule has 1 rings (SSSR count). The lowest BCUT2D eigenvalue weighted by Gasteiger charge is -2.34. The Kier molecular flexibility index (Phi) is 10.9. The van der Waals surface area contributed by atoms with Gasteiger partial charge in [-0.2, -0.15) is 0 Å². The summed E-state index contributed by atoms with van der Waals surface area (Å²) in [5.74, 6) is 0.495. The molecule has 0 unspecified atom stereocenters. The van der Waals surface area contributed by atoms with Gasteiger partial charge in [0.25, 0.3) is 0 Å². The molecule has 0 aromatic carbocycles. The molecule has 0 atom stereocenters. The van der Waals surface area contributed by atoms with Crippen LogP contribution < -0.4 is 5.32 Å². The van der Waals surface area contributed by atoms with Gasteiger partial charge >= 0.3 is 0 Å². The highest BCUT2D eigenvalue weighted by molar-refractivity contribution is 5.78. The summed E-state index contributed by atoms with van der Waals surface area (Å²) in [5.41, 5.74) is 0. The molecule has 1 saturated heterocycles. The number of rotatable bonds is 12. The van der Waals surface area contributed by atoms with Crippen molar-refractivity contribution in [2.24, 2.45) is 0 Å². The number of ketones is 1. The lowest BCUT2D eigenvalue weighted by atomic mass is 10.2. The van der Waals surface area contributed by atoms with Crippen molar-refractivity contribution in [1.29, 1.82) is 0 Å². The number of nitrogens with zero attached hydrogens (tertiary/aromatic N) is 3. The van der Waals surface area contributed by atoms with Gasteiger partial charge in [-0.15, -0.1) is 0 Å². The second-order valence-corrected chi connectivity index (χ2v) is 6.73. The van der Waals surface area contributed by atoms with E-state index in [1.165, 1.54) is 0 Å². The number of amides is 1. The second-order valence-electron chi connectivity index (χ2n) is 6.73. The molecule has 1 fully saturated rings. The maximum absolute atomic E-state index is 11.9. The summed E-state index contributed by atoms with van der Waals surface area (Å²) in [6.07, 6.45) is 3.03. The maximum Gasteiger partial charge on any atom is 0.221 e. The summed E-state index contributed by atoms with van der Waals surface area (Å²) in [6, 6.07) is 0. The van der Waals surface area contributed by atoms with Crippen LogP contribution in [0.1, 0.15) is 39.5 Å². The molecule has 1 aliphatic heterocycles. The van der Waals surface area contributed by atoms with Gasteiger partial charge in [-0.25, -0.2) is 0 Å². The minimum absolute atomic E-state index is 0.149. The van der Waals surface area contributed by atoms with E-state index in [1.807, 2.05) is 6.92 Å². The lowest BCUT2D eigenvalue weighted by molar-refractivity contribution is -0.122. The summed E-state index contributed by atoms with van der Waals surface area (Å²) >= 11 is 0. The molecule has 6 nitrogen and oxygen atoms in total. The normalized spacial score (nSPS) is 16.5. The number of carbonyl (C=O) groups is 2. The Hall–Kier alpha value is -0.980. The van der Waals surface area contributed by atoms with Crippen LogP contribution in [0.2, 0.25) is 0 Å². The average molecular weight is 341 g/mol. The van der Waals surface area contributed by atoms with Crippen LogP contribution >= 0.6 is 0 Å². The third-order valence-corrected chi connectivity index (χ3v) is 4.64. The SMILES string of the molecule is CCCN(C)CCNC(=O)CCN1CCN(CCC(=O)CC)CC1. The van der Waals surface area contributed by atoms with Gasteiger partial charge in [0.15, 0.2) is 0 Å². The van der Waals surface area contributed by atoms with Gasteiger partial charge < -0.3 is 20.0 Å². The molecule has 0 aromatic rings. The van der Waals surface area contributed by atoms with E-state index in [0.29, 0.717) is 25.0 Å². The second kappa shape index (κ2) is 12.4. The van der Waals surface area contributed by atoms with Gasteiger partial charge in [0.2, 0.25) is 5.91 Å². The number of nitrogens with one attached hydrogen (secondary N) is 1. The van der Waals surface area contributed by atoms with Crippen LogP contribution in [0.15, 0.2) is 0 Å². The molecular weight excluding hydrogens is 304 g/mol. The molecule has 1 N–H and O–H groups in total. The molecule has 1 heterocycles. The van der Waals surface area contributed by atoms with Crippen molar-refractivity contribution < 1.29 is 9.59 Å². The van der Waals surface area contributed by atoms with E-state index in [4.69, 9.17) is 0 Å². The van der Waals surface area contributed by atoms with E-state index in [0.717, 1.165) is 65.3 Å². The highest BCUT2D eigenvalue weighted by atomic mass is 16.1. The zero-order valence-corrected chi connectivity index (χ0v) is 15.9. The van der Waals surface area contributed by atoms with Gasteiger partial charge in [-0.1, -0.05) is 13.8 Å². The zero-order valence-electron chi connectivity index (χ0n) is 15.9.